The van der Waals surface area contributed by atoms with Gasteiger partial charge in [0.25, 0.3) is 0 Å². The highest BCUT2D eigenvalue weighted by Crippen LogP contribution is 2.28. The van der Waals surface area contributed by atoms with Crippen molar-refractivity contribution in [2.45, 2.75) is 0 Å². The third-order valence-corrected chi connectivity index (χ3v) is 4.58. The Morgan fingerprint density at radius 1 is 1.09 bits per heavy atom. The minimum atomic E-state index is -0.115. The second kappa shape index (κ2) is 6.67. The van der Waals surface area contributed by atoms with Gasteiger partial charge in [0.1, 0.15) is 11.5 Å². The zero-order valence-corrected chi connectivity index (χ0v) is 13.7. The molecule has 0 N–H and O–H groups in total. The molecule has 0 saturated carbocycles. The summed E-state index contributed by atoms with van der Waals surface area (Å²) in [5.74, 6) is 1.05. The average molecular weight is 324 g/mol. The Morgan fingerprint density at radius 3 is 2.70 bits per heavy atom. The van der Waals surface area contributed by atoms with Gasteiger partial charge in [0, 0.05) is 4.70 Å². The van der Waals surface area contributed by atoms with Crippen molar-refractivity contribution in [2.75, 3.05) is 14.2 Å². The summed E-state index contributed by atoms with van der Waals surface area (Å²) in [6.45, 7) is 0. The molecule has 0 fully saturated rings. The summed E-state index contributed by atoms with van der Waals surface area (Å²) in [5.41, 5.74) is 1.53. The first kappa shape index (κ1) is 15.3. The molecule has 0 unspecified atom stereocenters. The second-order valence-electron chi connectivity index (χ2n) is 4.95. The highest BCUT2D eigenvalue weighted by molar-refractivity contribution is 7.17. The molecule has 0 radical (unpaired) electrons. The number of methoxy groups -OCH3 is 2. The first-order valence-electron chi connectivity index (χ1n) is 7.13. The topological polar surface area (TPSA) is 35.5 Å². The number of allylic oxidation sites excluding steroid dienone is 1. The summed E-state index contributed by atoms with van der Waals surface area (Å²) in [6.07, 6.45) is 3.42. The van der Waals surface area contributed by atoms with Gasteiger partial charge in [-0.3, -0.25) is 4.79 Å². The van der Waals surface area contributed by atoms with Crippen molar-refractivity contribution in [3.05, 3.63) is 65.0 Å². The van der Waals surface area contributed by atoms with Gasteiger partial charge in [0.15, 0.2) is 5.78 Å². The average Bonchev–Trinajstić information content (AvgIpc) is 3.02. The fraction of sp³-hybridized carbons (Fsp3) is 0.105. The van der Waals surface area contributed by atoms with Gasteiger partial charge in [-0.25, -0.2) is 0 Å². The van der Waals surface area contributed by atoms with Gasteiger partial charge < -0.3 is 9.47 Å². The number of thiophene rings is 1. The van der Waals surface area contributed by atoms with Crippen LogP contribution in [0.25, 0.3) is 16.2 Å². The Hall–Kier alpha value is -2.59. The van der Waals surface area contributed by atoms with Gasteiger partial charge in [0.2, 0.25) is 0 Å². The molecule has 3 aromatic rings. The van der Waals surface area contributed by atoms with Crippen LogP contribution in [0.2, 0.25) is 0 Å². The van der Waals surface area contributed by atoms with E-state index in [0.29, 0.717) is 17.1 Å². The Kier molecular flexibility index (Phi) is 4.44. The van der Waals surface area contributed by atoms with Crippen LogP contribution in [-0.2, 0) is 0 Å². The fourth-order valence-electron chi connectivity index (χ4n) is 2.39. The first-order valence-corrected chi connectivity index (χ1v) is 8.01. The van der Waals surface area contributed by atoms with Crippen molar-refractivity contribution in [3.8, 4) is 11.5 Å². The van der Waals surface area contributed by atoms with Crippen molar-refractivity contribution >= 4 is 33.3 Å². The Bertz CT molecular complexity index is 877. The van der Waals surface area contributed by atoms with Crippen molar-refractivity contribution in [2.24, 2.45) is 0 Å². The number of hydrogen-bond acceptors (Lipinski definition) is 4. The first-order chi connectivity index (χ1) is 11.2. The molecule has 0 atom stereocenters. The molecule has 0 amide bonds. The molecule has 116 valence electrons. The summed E-state index contributed by atoms with van der Waals surface area (Å²) in [7, 11) is 3.12. The molecule has 23 heavy (non-hydrogen) atoms. The van der Waals surface area contributed by atoms with E-state index >= 15 is 0 Å². The molecule has 0 aliphatic rings. The van der Waals surface area contributed by atoms with E-state index in [-0.39, 0.29) is 5.78 Å². The second-order valence-corrected chi connectivity index (χ2v) is 5.86. The summed E-state index contributed by atoms with van der Waals surface area (Å²) in [6, 6.07) is 13.3. The SMILES string of the molecule is COc1ccc(OC)c(C(=O)/C=C/c2csc3ccccc23)c1. The molecule has 0 bridgehead atoms. The molecular formula is C19H16O3S. The molecule has 0 aliphatic carbocycles. The fourth-order valence-corrected chi connectivity index (χ4v) is 3.32. The maximum absolute atomic E-state index is 12.5. The zero-order valence-electron chi connectivity index (χ0n) is 12.9. The molecule has 3 rings (SSSR count). The van der Waals surface area contributed by atoms with Gasteiger partial charge in [-0.1, -0.05) is 18.2 Å². The summed E-state index contributed by atoms with van der Waals surface area (Å²) < 4.78 is 11.7. The summed E-state index contributed by atoms with van der Waals surface area (Å²) in [4.78, 5) is 12.5. The number of fused-ring (bicyclic) bond motifs is 1. The molecule has 1 aromatic heterocycles. The molecule has 2 aromatic carbocycles. The number of hydrogen-bond donors (Lipinski definition) is 0. The smallest absolute Gasteiger partial charge is 0.189 e. The number of carbonyl (C=O) groups is 1. The van der Waals surface area contributed by atoms with E-state index in [2.05, 4.69) is 17.5 Å². The van der Waals surface area contributed by atoms with Crippen molar-refractivity contribution in [3.63, 3.8) is 0 Å². The van der Waals surface area contributed by atoms with Crippen LogP contribution in [-0.4, -0.2) is 20.0 Å². The van der Waals surface area contributed by atoms with E-state index in [1.54, 1.807) is 49.8 Å². The zero-order chi connectivity index (χ0) is 16.2. The normalized spacial score (nSPS) is 11.0. The van der Waals surface area contributed by atoms with E-state index in [0.717, 1.165) is 10.9 Å². The van der Waals surface area contributed by atoms with Gasteiger partial charge in [-0.05, 0) is 52.7 Å². The standard InChI is InChI=1S/C19H16O3S/c1-21-14-8-10-18(22-2)16(11-14)17(20)9-7-13-12-23-19-6-4-3-5-15(13)19/h3-12H,1-2H3/b9-7+. The van der Waals surface area contributed by atoms with Crippen LogP contribution < -0.4 is 9.47 Å². The Balaban J connectivity index is 1.92. The van der Waals surface area contributed by atoms with Crippen LogP contribution in [0, 0.1) is 0 Å². The van der Waals surface area contributed by atoms with Gasteiger partial charge in [-0.2, -0.15) is 0 Å². The summed E-state index contributed by atoms with van der Waals surface area (Å²) >= 11 is 1.67. The lowest BCUT2D eigenvalue weighted by molar-refractivity contribution is 0.104. The van der Waals surface area contributed by atoms with E-state index in [9.17, 15) is 4.79 Å². The summed E-state index contributed by atoms with van der Waals surface area (Å²) in [5, 5.41) is 3.20. The van der Waals surface area contributed by atoms with E-state index in [1.165, 1.54) is 4.70 Å². The van der Waals surface area contributed by atoms with E-state index in [1.807, 2.05) is 18.2 Å². The molecule has 4 heteroatoms. The molecule has 1 heterocycles. The molecular weight excluding hydrogens is 308 g/mol. The molecule has 3 nitrogen and oxygen atoms in total. The van der Waals surface area contributed by atoms with Crippen LogP contribution in [0.1, 0.15) is 15.9 Å². The Labute approximate surface area is 138 Å². The van der Waals surface area contributed by atoms with Crippen molar-refractivity contribution in [1.82, 2.24) is 0 Å². The van der Waals surface area contributed by atoms with Crippen molar-refractivity contribution in [1.29, 1.82) is 0 Å². The highest BCUT2D eigenvalue weighted by Gasteiger charge is 2.11. The monoisotopic (exact) mass is 324 g/mol. The third-order valence-electron chi connectivity index (χ3n) is 3.60. The van der Waals surface area contributed by atoms with Crippen LogP contribution in [0.5, 0.6) is 11.5 Å². The number of rotatable bonds is 5. The highest BCUT2D eigenvalue weighted by atomic mass is 32.1. The lowest BCUT2D eigenvalue weighted by Gasteiger charge is -2.07. The van der Waals surface area contributed by atoms with Crippen LogP contribution in [0.4, 0.5) is 0 Å². The quantitative estimate of drug-likeness (QED) is 0.499. The minimum Gasteiger partial charge on any atom is -0.497 e. The van der Waals surface area contributed by atoms with Crippen LogP contribution in [0.15, 0.2) is 53.9 Å². The lowest BCUT2D eigenvalue weighted by atomic mass is 10.1. The lowest BCUT2D eigenvalue weighted by Crippen LogP contribution is -1.99. The van der Waals surface area contributed by atoms with E-state index in [4.69, 9.17) is 9.47 Å². The maximum atomic E-state index is 12.5. The van der Waals surface area contributed by atoms with Gasteiger partial charge in [-0.15, -0.1) is 11.3 Å². The number of ether oxygens (including phenoxy) is 2. The predicted octanol–water partition coefficient (Wildman–Crippen LogP) is 4.81. The molecule has 0 saturated heterocycles. The van der Waals surface area contributed by atoms with E-state index < -0.39 is 0 Å². The predicted molar refractivity (Wildman–Crippen MR) is 94.7 cm³/mol. The molecule has 0 aliphatic heterocycles. The third kappa shape index (κ3) is 3.12. The maximum Gasteiger partial charge on any atom is 0.189 e. The molecule has 0 spiro atoms. The van der Waals surface area contributed by atoms with Gasteiger partial charge >= 0.3 is 0 Å². The number of benzene rings is 2. The number of ketones is 1. The van der Waals surface area contributed by atoms with Gasteiger partial charge in [0.05, 0.1) is 19.8 Å². The van der Waals surface area contributed by atoms with Crippen LogP contribution >= 0.6 is 11.3 Å². The Morgan fingerprint density at radius 2 is 1.91 bits per heavy atom. The van der Waals surface area contributed by atoms with Crippen LogP contribution in [0.3, 0.4) is 0 Å². The number of carbonyl (C=O) groups excluding carboxylic acids is 1. The van der Waals surface area contributed by atoms with Crippen molar-refractivity contribution < 1.29 is 14.3 Å². The largest absolute Gasteiger partial charge is 0.497 e. The minimum absolute atomic E-state index is 0.115.